The fourth-order valence-electron chi connectivity index (χ4n) is 2.48. The summed E-state index contributed by atoms with van der Waals surface area (Å²) in [6.07, 6.45) is 12.8. The molecule has 1 N–H and O–H groups in total. The molecule has 0 radical (unpaired) electrons. The topological polar surface area (TPSA) is 38.7 Å². The van der Waals surface area contributed by atoms with Crippen molar-refractivity contribution in [2.45, 2.75) is 83.7 Å². The Hall–Kier alpha value is -0.380. The zero-order chi connectivity index (χ0) is 14.1. The van der Waals surface area contributed by atoms with Crippen LogP contribution in [0.5, 0.6) is 0 Å². The highest BCUT2D eigenvalue weighted by atomic mass is 16.8. The fourth-order valence-corrected chi connectivity index (χ4v) is 2.48. The summed E-state index contributed by atoms with van der Waals surface area (Å²) in [6, 6.07) is 0. The van der Waals surface area contributed by atoms with Crippen molar-refractivity contribution in [1.82, 2.24) is 0 Å². The maximum atomic E-state index is 9.26. The summed E-state index contributed by atoms with van der Waals surface area (Å²) < 4.78 is 11.4. The van der Waals surface area contributed by atoms with Crippen molar-refractivity contribution in [3.05, 3.63) is 12.2 Å². The lowest BCUT2D eigenvalue weighted by Gasteiger charge is -2.16. The Morgan fingerprint density at radius 2 is 1.68 bits per heavy atom. The minimum absolute atomic E-state index is 0.0173. The van der Waals surface area contributed by atoms with Gasteiger partial charge in [-0.05, 0) is 33.1 Å². The van der Waals surface area contributed by atoms with E-state index >= 15 is 0 Å². The third-order valence-corrected chi connectivity index (χ3v) is 3.47. The molecule has 0 aromatic carbocycles. The largest absolute Gasteiger partial charge is 0.394 e. The third-order valence-electron chi connectivity index (χ3n) is 3.47. The Balaban J connectivity index is 2.14. The lowest BCUT2D eigenvalue weighted by molar-refractivity contribution is -0.148. The molecule has 1 aliphatic heterocycles. The van der Waals surface area contributed by atoms with E-state index < -0.39 is 5.79 Å². The number of rotatable bonds is 9. The third kappa shape index (κ3) is 6.55. The standard InChI is InChI=1S/C16H30O3/c1-4-5-6-7-8-9-10-11-12-14-15(13-17)19-16(2,3)18-14/h10-11,14-15,17H,4-9,12-13H2,1-3H3/b11-10-/t14-,15+/m0/s1. The Kier molecular flexibility index (Phi) is 7.66. The molecule has 19 heavy (non-hydrogen) atoms. The summed E-state index contributed by atoms with van der Waals surface area (Å²) in [5.41, 5.74) is 0. The molecule has 0 saturated carbocycles. The molecule has 1 rings (SSSR count). The highest BCUT2D eigenvalue weighted by molar-refractivity contribution is 4.90. The molecule has 1 saturated heterocycles. The minimum atomic E-state index is -0.563. The summed E-state index contributed by atoms with van der Waals surface area (Å²) in [5, 5.41) is 9.26. The average molecular weight is 270 g/mol. The van der Waals surface area contributed by atoms with E-state index in [1.54, 1.807) is 0 Å². The van der Waals surface area contributed by atoms with E-state index in [1.165, 1.54) is 32.1 Å². The number of aliphatic hydroxyl groups is 1. The van der Waals surface area contributed by atoms with Gasteiger partial charge in [0.25, 0.3) is 0 Å². The van der Waals surface area contributed by atoms with Gasteiger partial charge in [0.05, 0.1) is 12.7 Å². The molecule has 0 aromatic heterocycles. The van der Waals surface area contributed by atoms with Gasteiger partial charge in [0.2, 0.25) is 0 Å². The lowest BCUT2D eigenvalue weighted by atomic mass is 10.1. The predicted octanol–water partition coefficient (Wildman–Crippen LogP) is 3.81. The molecular weight excluding hydrogens is 240 g/mol. The summed E-state index contributed by atoms with van der Waals surface area (Å²) in [7, 11) is 0. The first-order valence-corrected chi connectivity index (χ1v) is 7.70. The molecule has 0 spiro atoms. The van der Waals surface area contributed by atoms with Gasteiger partial charge in [0, 0.05) is 0 Å². The predicted molar refractivity (Wildman–Crippen MR) is 78.0 cm³/mol. The van der Waals surface area contributed by atoms with E-state index in [0.717, 1.165) is 12.8 Å². The maximum absolute atomic E-state index is 9.26. The Bertz CT molecular complexity index is 261. The van der Waals surface area contributed by atoms with Crippen LogP contribution < -0.4 is 0 Å². The van der Waals surface area contributed by atoms with E-state index in [1.807, 2.05) is 13.8 Å². The first-order chi connectivity index (χ1) is 9.09. The van der Waals surface area contributed by atoms with Crippen LogP contribution in [0, 0.1) is 0 Å². The second kappa shape index (κ2) is 8.72. The smallest absolute Gasteiger partial charge is 0.163 e. The monoisotopic (exact) mass is 270 g/mol. The van der Waals surface area contributed by atoms with E-state index in [-0.39, 0.29) is 18.8 Å². The molecule has 3 nitrogen and oxygen atoms in total. The minimum Gasteiger partial charge on any atom is -0.394 e. The van der Waals surface area contributed by atoms with Gasteiger partial charge in [0.15, 0.2) is 5.79 Å². The normalized spacial score (nSPS) is 26.3. The number of hydrogen-bond donors (Lipinski definition) is 1. The molecule has 1 heterocycles. The van der Waals surface area contributed by atoms with Crippen LogP contribution in [0.3, 0.4) is 0 Å². The first-order valence-electron chi connectivity index (χ1n) is 7.70. The Labute approximate surface area is 118 Å². The van der Waals surface area contributed by atoms with Crippen LogP contribution in [0.2, 0.25) is 0 Å². The molecular formula is C16H30O3. The van der Waals surface area contributed by atoms with Crippen molar-refractivity contribution in [2.75, 3.05) is 6.61 Å². The summed E-state index contributed by atoms with van der Waals surface area (Å²) in [5.74, 6) is -0.563. The highest BCUT2D eigenvalue weighted by Gasteiger charge is 2.39. The van der Waals surface area contributed by atoms with Crippen LogP contribution in [0.15, 0.2) is 12.2 Å². The van der Waals surface area contributed by atoms with Crippen molar-refractivity contribution in [3.63, 3.8) is 0 Å². The van der Waals surface area contributed by atoms with Gasteiger partial charge in [-0.1, -0.05) is 44.8 Å². The van der Waals surface area contributed by atoms with E-state index in [0.29, 0.717) is 0 Å². The summed E-state index contributed by atoms with van der Waals surface area (Å²) in [6.45, 7) is 6.06. The van der Waals surface area contributed by atoms with Crippen molar-refractivity contribution >= 4 is 0 Å². The molecule has 3 heteroatoms. The molecule has 1 fully saturated rings. The van der Waals surface area contributed by atoms with Crippen molar-refractivity contribution in [2.24, 2.45) is 0 Å². The Morgan fingerprint density at radius 3 is 2.37 bits per heavy atom. The maximum Gasteiger partial charge on any atom is 0.163 e. The van der Waals surface area contributed by atoms with Gasteiger partial charge >= 0.3 is 0 Å². The van der Waals surface area contributed by atoms with Gasteiger partial charge in [-0.2, -0.15) is 0 Å². The van der Waals surface area contributed by atoms with Gasteiger partial charge < -0.3 is 14.6 Å². The van der Waals surface area contributed by atoms with Crippen LogP contribution in [-0.2, 0) is 9.47 Å². The Morgan fingerprint density at radius 1 is 1.00 bits per heavy atom. The fraction of sp³-hybridized carbons (Fsp3) is 0.875. The second-order valence-electron chi connectivity index (χ2n) is 5.81. The molecule has 0 aromatic rings. The van der Waals surface area contributed by atoms with Gasteiger partial charge in [-0.15, -0.1) is 0 Å². The van der Waals surface area contributed by atoms with Crippen molar-refractivity contribution in [3.8, 4) is 0 Å². The number of unbranched alkanes of at least 4 members (excludes halogenated alkanes) is 5. The van der Waals surface area contributed by atoms with E-state index in [4.69, 9.17) is 9.47 Å². The molecule has 0 unspecified atom stereocenters. The number of ether oxygens (including phenoxy) is 2. The number of hydrogen-bond acceptors (Lipinski definition) is 3. The van der Waals surface area contributed by atoms with E-state index in [9.17, 15) is 5.11 Å². The second-order valence-corrected chi connectivity index (χ2v) is 5.81. The molecule has 112 valence electrons. The van der Waals surface area contributed by atoms with Gasteiger partial charge in [0.1, 0.15) is 6.10 Å². The van der Waals surface area contributed by atoms with Crippen LogP contribution in [0.1, 0.15) is 65.7 Å². The van der Waals surface area contributed by atoms with Crippen molar-refractivity contribution < 1.29 is 14.6 Å². The molecule has 0 aliphatic carbocycles. The zero-order valence-electron chi connectivity index (χ0n) is 12.7. The number of aliphatic hydroxyl groups excluding tert-OH is 1. The number of allylic oxidation sites excluding steroid dienone is 1. The molecule has 0 bridgehead atoms. The highest BCUT2D eigenvalue weighted by Crippen LogP contribution is 2.29. The average Bonchev–Trinajstić information content (AvgIpc) is 2.67. The van der Waals surface area contributed by atoms with Gasteiger partial charge in [-0.25, -0.2) is 0 Å². The lowest BCUT2D eigenvalue weighted by Crippen LogP contribution is -2.25. The van der Waals surface area contributed by atoms with Crippen LogP contribution >= 0.6 is 0 Å². The first kappa shape index (κ1) is 16.7. The summed E-state index contributed by atoms with van der Waals surface area (Å²) >= 11 is 0. The van der Waals surface area contributed by atoms with E-state index in [2.05, 4.69) is 19.1 Å². The van der Waals surface area contributed by atoms with Crippen LogP contribution in [0.25, 0.3) is 0 Å². The van der Waals surface area contributed by atoms with Crippen LogP contribution in [-0.4, -0.2) is 29.7 Å². The van der Waals surface area contributed by atoms with Gasteiger partial charge in [-0.3, -0.25) is 0 Å². The molecule has 1 aliphatic rings. The zero-order valence-corrected chi connectivity index (χ0v) is 12.7. The molecule has 0 amide bonds. The summed E-state index contributed by atoms with van der Waals surface area (Å²) in [4.78, 5) is 0. The quantitative estimate of drug-likeness (QED) is 0.511. The SMILES string of the molecule is CCCCCCC/C=C\C[C@@H]1OC(C)(C)O[C@@H]1CO. The van der Waals surface area contributed by atoms with Crippen LogP contribution in [0.4, 0.5) is 0 Å². The van der Waals surface area contributed by atoms with Crippen molar-refractivity contribution in [1.29, 1.82) is 0 Å². The molecule has 2 atom stereocenters.